The van der Waals surface area contributed by atoms with Gasteiger partial charge in [-0.15, -0.1) is 0 Å². The van der Waals surface area contributed by atoms with Crippen LogP contribution in [-0.2, 0) is 27.8 Å². The zero-order valence-corrected chi connectivity index (χ0v) is 32.3. The van der Waals surface area contributed by atoms with Gasteiger partial charge < -0.3 is 24.8 Å². The average molecular weight is 729 g/mol. The number of esters is 1. The minimum Gasteiger partial charge on any atom is -0.493 e. The third-order valence-electron chi connectivity index (χ3n) is 12.9. The van der Waals surface area contributed by atoms with E-state index in [4.69, 9.17) is 21.1 Å². The first-order valence-corrected chi connectivity index (χ1v) is 19.9. The van der Waals surface area contributed by atoms with Gasteiger partial charge in [0.05, 0.1) is 19.8 Å². The van der Waals surface area contributed by atoms with E-state index >= 15 is 0 Å². The predicted octanol–water partition coefficient (Wildman–Crippen LogP) is 7.57. The zero-order valence-electron chi connectivity index (χ0n) is 31.5. The minimum absolute atomic E-state index is 0.120. The fourth-order valence-electron chi connectivity index (χ4n) is 9.89. The van der Waals surface area contributed by atoms with Gasteiger partial charge in [-0.05, 0) is 129 Å². The van der Waals surface area contributed by atoms with Gasteiger partial charge in [0.2, 0.25) is 0 Å². The van der Waals surface area contributed by atoms with Crippen LogP contribution in [0.25, 0.3) is 0 Å². The molecule has 0 unspecified atom stereocenters. The van der Waals surface area contributed by atoms with E-state index in [1.165, 1.54) is 42.3 Å². The van der Waals surface area contributed by atoms with Gasteiger partial charge in [0.25, 0.3) is 0 Å². The number of aliphatic hydroxyl groups is 1. The molecule has 3 aliphatic carbocycles. The number of likely N-dealkylation sites (N-methyl/N-ethyl adjacent to an activating group) is 1. The summed E-state index contributed by atoms with van der Waals surface area (Å²) in [6, 6.07) is 16.4. The Labute approximate surface area is 315 Å². The number of carbonyl (C=O) groups excluding carboxylic acids is 1. The Kier molecular flexibility index (Phi) is 11.2. The molecule has 0 amide bonds. The summed E-state index contributed by atoms with van der Waals surface area (Å²) < 4.78 is 12.1. The Balaban J connectivity index is 1.14. The highest BCUT2D eigenvalue weighted by Gasteiger charge is 2.54. The van der Waals surface area contributed by atoms with Crippen molar-refractivity contribution in [2.75, 3.05) is 58.8 Å². The van der Waals surface area contributed by atoms with Crippen LogP contribution >= 0.6 is 11.6 Å². The molecular formula is C43H57ClN4O4. The molecule has 8 nitrogen and oxygen atoms in total. The lowest BCUT2D eigenvalue weighted by molar-refractivity contribution is -0.148. The Morgan fingerprint density at radius 2 is 1.88 bits per heavy atom. The van der Waals surface area contributed by atoms with Crippen molar-refractivity contribution in [3.05, 3.63) is 87.7 Å². The monoisotopic (exact) mass is 728 g/mol. The summed E-state index contributed by atoms with van der Waals surface area (Å²) in [6.07, 6.45) is 9.72. The number of hydrogen-bond acceptors (Lipinski definition) is 8. The van der Waals surface area contributed by atoms with Crippen molar-refractivity contribution in [2.45, 2.75) is 94.6 Å². The number of aryl methyl sites for hydroxylation is 1. The molecule has 1 aromatic heterocycles. The molecule has 1 spiro atoms. The maximum Gasteiger partial charge on any atom is 0.331 e. The van der Waals surface area contributed by atoms with Gasteiger partial charge in [0.1, 0.15) is 11.3 Å². The Morgan fingerprint density at radius 3 is 2.63 bits per heavy atom. The van der Waals surface area contributed by atoms with E-state index in [0.717, 1.165) is 75.3 Å². The molecule has 2 aromatic carbocycles. The van der Waals surface area contributed by atoms with Gasteiger partial charge in [-0.3, -0.25) is 9.88 Å². The Bertz CT molecular complexity index is 1720. The number of nitrogens with zero attached hydrogens (tertiary/aromatic N) is 3. The fraction of sp³-hybridized carbons (Fsp3) is 0.581. The molecule has 0 bridgehead atoms. The number of nitrogens with one attached hydrogen (secondary N) is 1. The predicted molar refractivity (Wildman–Crippen MR) is 207 cm³/mol. The molecule has 3 aromatic rings. The zero-order chi connectivity index (χ0) is 36.5. The molecule has 2 fully saturated rings. The van der Waals surface area contributed by atoms with Gasteiger partial charge >= 0.3 is 5.97 Å². The molecule has 1 saturated heterocycles. The van der Waals surface area contributed by atoms with Crippen molar-refractivity contribution in [3.63, 3.8) is 0 Å². The summed E-state index contributed by atoms with van der Waals surface area (Å²) in [6.45, 7) is 9.91. The van der Waals surface area contributed by atoms with E-state index in [1.54, 1.807) is 0 Å². The molecule has 280 valence electrons. The van der Waals surface area contributed by atoms with Crippen LogP contribution in [0.5, 0.6) is 5.75 Å². The summed E-state index contributed by atoms with van der Waals surface area (Å²) in [7, 11) is 3.64. The quantitative estimate of drug-likeness (QED) is 0.196. The molecular weight excluding hydrogens is 672 g/mol. The van der Waals surface area contributed by atoms with E-state index in [9.17, 15) is 9.90 Å². The minimum atomic E-state index is -0.845. The standard InChI is InChI=1S/C43H57ClN4O4/c1-29(28-52-39-13-18-45-37-10-5-7-30(2)40(37)39)23-33-24-31-11-12-32(38(49)27-48-21-19-47(3)20-22-48)25-36(31)42(33)14-16-43(17-15-42,41(50)51-4)46-35-9-6-8-34(44)26-35/h6,8-9,11-13,18,25-26,29-30,33,38,46,49H,5,7,10,14-17,19-24,27-28H2,1-4H3/t29-,30-,33+,38+,42?,43?/m1/s1. The highest BCUT2D eigenvalue weighted by molar-refractivity contribution is 6.30. The second-order valence-electron chi connectivity index (χ2n) is 16.4. The van der Waals surface area contributed by atoms with Gasteiger partial charge in [0.15, 0.2) is 0 Å². The normalized spacial score (nSPS) is 27.4. The third kappa shape index (κ3) is 7.59. The second kappa shape index (κ2) is 15.7. The van der Waals surface area contributed by atoms with Crippen LogP contribution < -0.4 is 10.1 Å². The summed E-state index contributed by atoms with van der Waals surface area (Å²) in [5, 5.41) is 15.8. The number of fused-ring (bicyclic) bond motifs is 3. The molecule has 0 radical (unpaired) electrons. The lowest BCUT2D eigenvalue weighted by atomic mass is 9.59. The first-order valence-electron chi connectivity index (χ1n) is 19.5. The van der Waals surface area contributed by atoms with Crippen molar-refractivity contribution in [1.82, 2.24) is 14.8 Å². The van der Waals surface area contributed by atoms with Crippen molar-refractivity contribution >= 4 is 23.3 Å². The maximum atomic E-state index is 13.6. The lowest BCUT2D eigenvalue weighted by Gasteiger charge is -2.48. The van der Waals surface area contributed by atoms with Gasteiger partial charge in [-0.25, -0.2) is 4.79 Å². The van der Waals surface area contributed by atoms with Crippen LogP contribution in [0.15, 0.2) is 54.7 Å². The number of benzene rings is 2. The third-order valence-corrected chi connectivity index (χ3v) is 13.1. The summed E-state index contributed by atoms with van der Waals surface area (Å²) in [4.78, 5) is 23.0. The highest BCUT2D eigenvalue weighted by atomic mass is 35.5. The molecule has 52 heavy (non-hydrogen) atoms. The number of ether oxygens (including phenoxy) is 2. The van der Waals surface area contributed by atoms with Crippen LogP contribution in [-0.4, -0.2) is 84.9 Å². The summed E-state index contributed by atoms with van der Waals surface area (Å²) in [5.41, 5.74) is 6.08. The molecule has 4 aliphatic rings. The first kappa shape index (κ1) is 37.2. The number of β-amino-alcohol motifs (C(OH)–C–C–N with tert-alkyl or cyclic N) is 1. The van der Waals surface area contributed by atoms with Crippen LogP contribution in [0, 0.1) is 11.8 Å². The smallest absolute Gasteiger partial charge is 0.331 e. The van der Waals surface area contributed by atoms with E-state index in [0.29, 0.717) is 48.8 Å². The number of hydrogen-bond donors (Lipinski definition) is 2. The number of anilines is 1. The van der Waals surface area contributed by atoms with Crippen molar-refractivity contribution in [3.8, 4) is 5.75 Å². The number of methoxy groups -OCH3 is 1. The van der Waals surface area contributed by atoms with Gasteiger partial charge in [-0.1, -0.05) is 49.7 Å². The second-order valence-corrected chi connectivity index (χ2v) is 16.9. The fourth-order valence-corrected chi connectivity index (χ4v) is 10.1. The number of rotatable bonds is 11. The van der Waals surface area contributed by atoms with Crippen LogP contribution in [0.1, 0.15) is 98.8 Å². The number of pyridine rings is 1. The summed E-state index contributed by atoms with van der Waals surface area (Å²) >= 11 is 6.36. The van der Waals surface area contributed by atoms with Crippen molar-refractivity contribution < 1.29 is 19.4 Å². The summed E-state index contributed by atoms with van der Waals surface area (Å²) in [5.74, 6) is 1.95. The molecule has 4 atom stereocenters. The number of carbonyl (C=O) groups is 1. The molecule has 2 N–H and O–H groups in total. The average Bonchev–Trinajstić information content (AvgIpc) is 3.43. The number of aromatic nitrogens is 1. The molecule has 2 heterocycles. The highest BCUT2D eigenvalue weighted by Crippen LogP contribution is 2.56. The SMILES string of the molecule is COC(=O)C1(Nc2cccc(Cl)c2)CCC2(CC1)c1cc([C@@H](O)CN3CCN(C)CC3)ccc1C[C@@H]2C[C@@H](C)COc1ccnc2c1[C@H](C)CCC2. The number of aliphatic hydroxyl groups excluding tert-OH is 1. The largest absolute Gasteiger partial charge is 0.493 e. The molecule has 9 heteroatoms. The lowest BCUT2D eigenvalue weighted by Crippen LogP contribution is -2.53. The van der Waals surface area contributed by atoms with Crippen LogP contribution in [0.2, 0.25) is 5.02 Å². The molecule has 1 aliphatic heterocycles. The van der Waals surface area contributed by atoms with E-state index < -0.39 is 11.6 Å². The first-order chi connectivity index (χ1) is 25.1. The van der Waals surface area contributed by atoms with E-state index in [-0.39, 0.29) is 11.4 Å². The topological polar surface area (TPSA) is 87.2 Å². The van der Waals surface area contributed by atoms with Crippen molar-refractivity contribution in [2.24, 2.45) is 11.8 Å². The maximum absolute atomic E-state index is 13.6. The molecule has 7 rings (SSSR count). The van der Waals surface area contributed by atoms with E-state index in [2.05, 4.69) is 65.3 Å². The Hall–Kier alpha value is -3.17. The number of halogens is 1. The van der Waals surface area contributed by atoms with Crippen LogP contribution in [0.4, 0.5) is 5.69 Å². The van der Waals surface area contributed by atoms with Gasteiger partial charge in [-0.2, -0.15) is 0 Å². The van der Waals surface area contributed by atoms with E-state index in [1.807, 2.05) is 30.5 Å². The number of piperazine rings is 1. The van der Waals surface area contributed by atoms with Crippen molar-refractivity contribution in [1.29, 1.82) is 0 Å². The van der Waals surface area contributed by atoms with Crippen LogP contribution in [0.3, 0.4) is 0 Å². The molecule has 1 saturated carbocycles. The Morgan fingerprint density at radius 1 is 1.10 bits per heavy atom. The van der Waals surface area contributed by atoms with Gasteiger partial charge in [0, 0.05) is 60.9 Å².